The van der Waals surface area contributed by atoms with E-state index in [1.807, 2.05) is 0 Å². The van der Waals surface area contributed by atoms with Crippen LogP contribution in [0.3, 0.4) is 0 Å². The lowest BCUT2D eigenvalue weighted by atomic mass is 10.1. The Kier molecular flexibility index (Phi) is 2.49. The van der Waals surface area contributed by atoms with Gasteiger partial charge < -0.3 is 9.47 Å². The van der Waals surface area contributed by atoms with Crippen LogP contribution in [0.15, 0.2) is 12.1 Å². The molecule has 0 unspecified atom stereocenters. The van der Waals surface area contributed by atoms with Crippen LogP contribution in [0.2, 0.25) is 0 Å². The van der Waals surface area contributed by atoms with E-state index in [1.54, 1.807) is 6.07 Å². The topological polar surface area (TPSA) is 35.5 Å². The highest BCUT2D eigenvalue weighted by molar-refractivity contribution is 5.79. The standard InChI is InChI=1S/C12H16O3/c1-8-5-12(15-4)10(6-9(2)13)7-11(8)14-3/h5,7H,6H2,1-4H3/i1D3. The van der Waals surface area contributed by atoms with Crippen molar-refractivity contribution < 1.29 is 18.4 Å². The number of methoxy groups -OCH3 is 2. The Morgan fingerprint density at radius 1 is 1.33 bits per heavy atom. The van der Waals surface area contributed by atoms with Gasteiger partial charge >= 0.3 is 0 Å². The second-order valence-corrected chi connectivity index (χ2v) is 3.24. The van der Waals surface area contributed by atoms with Gasteiger partial charge in [0.1, 0.15) is 17.3 Å². The molecule has 0 aliphatic rings. The third kappa shape index (κ3) is 2.72. The number of ether oxygens (including phenoxy) is 2. The van der Waals surface area contributed by atoms with Gasteiger partial charge in [-0.2, -0.15) is 0 Å². The van der Waals surface area contributed by atoms with Crippen LogP contribution in [0.25, 0.3) is 0 Å². The summed E-state index contributed by atoms with van der Waals surface area (Å²) in [6, 6.07) is 2.95. The van der Waals surface area contributed by atoms with Gasteiger partial charge in [0.05, 0.1) is 14.2 Å². The number of ketones is 1. The zero-order valence-corrected chi connectivity index (χ0v) is 9.09. The summed E-state index contributed by atoms with van der Waals surface area (Å²) in [4.78, 5) is 11.2. The van der Waals surface area contributed by atoms with Crippen molar-refractivity contribution in [3.8, 4) is 11.5 Å². The first kappa shape index (κ1) is 7.74. The minimum absolute atomic E-state index is 0.0306. The van der Waals surface area contributed by atoms with Crippen molar-refractivity contribution in [1.82, 2.24) is 0 Å². The summed E-state index contributed by atoms with van der Waals surface area (Å²) >= 11 is 0. The van der Waals surface area contributed by atoms with E-state index in [-0.39, 0.29) is 23.5 Å². The van der Waals surface area contributed by atoms with Crippen LogP contribution in [-0.4, -0.2) is 20.0 Å². The molecule has 0 aliphatic carbocycles. The maximum atomic E-state index is 11.2. The first-order chi connectivity index (χ1) is 8.29. The SMILES string of the molecule is [2H]C([2H])([2H])c1cc(OC)c(CC(C)=O)cc1OC. The van der Waals surface area contributed by atoms with Crippen LogP contribution in [0.4, 0.5) is 0 Å². The van der Waals surface area contributed by atoms with Gasteiger partial charge in [-0.05, 0) is 31.5 Å². The van der Waals surface area contributed by atoms with Crippen LogP contribution in [0.1, 0.15) is 22.2 Å². The first-order valence-corrected chi connectivity index (χ1v) is 4.54. The predicted molar refractivity (Wildman–Crippen MR) is 58.7 cm³/mol. The van der Waals surface area contributed by atoms with E-state index in [4.69, 9.17) is 13.6 Å². The molecule has 0 saturated heterocycles. The van der Waals surface area contributed by atoms with Gasteiger partial charge in [-0.1, -0.05) is 0 Å². The lowest BCUT2D eigenvalue weighted by Gasteiger charge is -2.11. The number of Topliss-reactive ketones (excluding diaryl/α,β-unsaturated/α-hetero) is 1. The summed E-state index contributed by atoms with van der Waals surface area (Å²) in [5, 5.41) is 0. The maximum Gasteiger partial charge on any atom is 0.134 e. The van der Waals surface area contributed by atoms with Crippen molar-refractivity contribution in [2.24, 2.45) is 0 Å². The Labute approximate surface area is 94.2 Å². The molecule has 3 heteroatoms. The third-order valence-corrected chi connectivity index (χ3v) is 2.04. The number of carbonyl (C=O) groups is 1. The minimum atomic E-state index is -2.28. The minimum Gasteiger partial charge on any atom is -0.496 e. The molecule has 0 aliphatic heterocycles. The van der Waals surface area contributed by atoms with E-state index < -0.39 is 6.85 Å². The Hall–Kier alpha value is -1.51. The Morgan fingerprint density at radius 2 is 2.00 bits per heavy atom. The zero-order valence-electron chi connectivity index (χ0n) is 12.1. The molecule has 0 amide bonds. The number of rotatable bonds is 4. The van der Waals surface area contributed by atoms with Crippen molar-refractivity contribution in [3.05, 3.63) is 23.3 Å². The molecule has 0 radical (unpaired) electrons. The van der Waals surface area contributed by atoms with Gasteiger partial charge in [-0.3, -0.25) is 4.79 Å². The molecule has 1 rings (SSSR count). The van der Waals surface area contributed by atoms with Gasteiger partial charge in [-0.15, -0.1) is 0 Å². The third-order valence-electron chi connectivity index (χ3n) is 2.04. The van der Waals surface area contributed by atoms with Gasteiger partial charge in [-0.25, -0.2) is 0 Å². The number of aryl methyl sites for hydroxylation is 1. The predicted octanol–water partition coefficient (Wildman–Crippen LogP) is 2.14. The normalized spacial score (nSPS) is 13.7. The van der Waals surface area contributed by atoms with Crippen LogP contribution >= 0.6 is 0 Å². The van der Waals surface area contributed by atoms with Crippen LogP contribution in [0, 0.1) is 6.85 Å². The van der Waals surface area contributed by atoms with E-state index in [9.17, 15) is 4.79 Å². The van der Waals surface area contributed by atoms with E-state index in [0.717, 1.165) is 0 Å². The molecular formula is C12H16O3. The van der Waals surface area contributed by atoms with Gasteiger partial charge in [0, 0.05) is 16.1 Å². The molecule has 1 aromatic rings. The molecular weight excluding hydrogens is 192 g/mol. The van der Waals surface area contributed by atoms with Gasteiger partial charge in [0.15, 0.2) is 0 Å². The second-order valence-electron chi connectivity index (χ2n) is 3.24. The molecule has 0 bridgehead atoms. The highest BCUT2D eigenvalue weighted by Crippen LogP contribution is 2.28. The quantitative estimate of drug-likeness (QED) is 0.765. The Morgan fingerprint density at radius 3 is 2.47 bits per heavy atom. The molecule has 0 saturated carbocycles. The average Bonchev–Trinajstić information content (AvgIpc) is 2.26. The van der Waals surface area contributed by atoms with E-state index in [1.165, 1.54) is 27.2 Å². The van der Waals surface area contributed by atoms with E-state index in [2.05, 4.69) is 0 Å². The fourth-order valence-electron chi connectivity index (χ4n) is 1.37. The van der Waals surface area contributed by atoms with Crippen molar-refractivity contribution in [2.45, 2.75) is 20.2 Å². The van der Waals surface area contributed by atoms with Crippen molar-refractivity contribution in [2.75, 3.05) is 14.2 Å². The summed E-state index contributed by atoms with van der Waals surface area (Å²) in [5.74, 6) is 0.598. The first-order valence-electron chi connectivity index (χ1n) is 6.04. The molecule has 0 atom stereocenters. The number of hydrogen-bond acceptors (Lipinski definition) is 3. The van der Waals surface area contributed by atoms with Crippen molar-refractivity contribution in [3.63, 3.8) is 0 Å². The Balaban J connectivity index is 3.37. The number of benzene rings is 1. The van der Waals surface area contributed by atoms with Gasteiger partial charge in [0.25, 0.3) is 0 Å². The summed E-state index contributed by atoms with van der Waals surface area (Å²) in [6.45, 7) is -0.822. The van der Waals surface area contributed by atoms with E-state index in [0.29, 0.717) is 11.3 Å². The molecule has 1 aromatic carbocycles. The molecule has 0 fully saturated rings. The van der Waals surface area contributed by atoms with Crippen LogP contribution < -0.4 is 9.47 Å². The lowest BCUT2D eigenvalue weighted by Crippen LogP contribution is -2.01. The largest absolute Gasteiger partial charge is 0.496 e. The zero-order chi connectivity index (χ0) is 13.9. The molecule has 0 N–H and O–H groups in total. The van der Waals surface area contributed by atoms with Crippen molar-refractivity contribution in [1.29, 1.82) is 0 Å². The van der Waals surface area contributed by atoms with Crippen LogP contribution in [-0.2, 0) is 11.2 Å². The smallest absolute Gasteiger partial charge is 0.134 e. The fourth-order valence-corrected chi connectivity index (χ4v) is 1.37. The lowest BCUT2D eigenvalue weighted by molar-refractivity contribution is -0.116. The van der Waals surface area contributed by atoms with Crippen molar-refractivity contribution >= 4 is 5.78 Å². The summed E-state index contributed by atoms with van der Waals surface area (Å²) < 4.78 is 32.5. The fraction of sp³-hybridized carbons (Fsp3) is 0.417. The highest BCUT2D eigenvalue weighted by atomic mass is 16.5. The number of hydrogen-bond donors (Lipinski definition) is 0. The summed E-state index contributed by atoms with van der Waals surface area (Å²) in [7, 11) is 2.84. The molecule has 82 valence electrons. The molecule has 0 aromatic heterocycles. The molecule has 15 heavy (non-hydrogen) atoms. The monoisotopic (exact) mass is 211 g/mol. The maximum absolute atomic E-state index is 11.2. The highest BCUT2D eigenvalue weighted by Gasteiger charge is 2.09. The molecule has 0 spiro atoms. The van der Waals surface area contributed by atoms with Crippen LogP contribution in [0.5, 0.6) is 11.5 Å². The second kappa shape index (κ2) is 4.82. The van der Waals surface area contributed by atoms with E-state index >= 15 is 0 Å². The number of carbonyl (C=O) groups excluding carboxylic acids is 1. The average molecular weight is 211 g/mol. The van der Waals surface area contributed by atoms with Gasteiger partial charge in [0.2, 0.25) is 0 Å². The summed E-state index contributed by atoms with van der Waals surface area (Å²) in [5.41, 5.74) is 0.698. The molecule has 3 nitrogen and oxygen atoms in total. The summed E-state index contributed by atoms with van der Waals surface area (Å²) in [6.07, 6.45) is 0.181. The molecule has 0 heterocycles. The Bertz CT molecular complexity index is 453.